The van der Waals surface area contributed by atoms with E-state index in [1.807, 2.05) is 26.0 Å². The number of rotatable bonds is 8. The van der Waals surface area contributed by atoms with E-state index in [1.54, 1.807) is 62.4 Å². The molecule has 3 aromatic rings. The average molecular weight is 487 g/mol. The first-order chi connectivity index (χ1) is 17.2. The topological polar surface area (TPSA) is 116 Å². The van der Waals surface area contributed by atoms with Crippen LogP contribution >= 0.6 is 0 Å². The molecule has 4 N–H and O–H groups in total. The zero-order valence-electron chi connectivity index (χ0n) is 20.8. The van der Waals surface area contributed by atoms with Crippen LogP contribution in [0.5, 0.6) is 0 Å². The van der Waals surface area contributed by atoms with Crippen molar-refractivity contribution in [3.63, 3.8) is 0 Å². The maximum Gasteiger partial charge on any atom is 0.255 e. The lowest BCUT2D eigenvalue weighted by Crippen LogP contribution is -2.15. The molecule has 0 radical (unpaired) electrons. The molecule has 0 aliphatic heterocycles. The van der Waals surface area contributed by atoms with Crippen LogP contribution in [0.4, 0.5) is 22.7 Å². The van der Waals surface area contributed by atoms with E-state index in [2.05, 4.69) is 21.3 Å². The summed E-state index contributed by atoms with van der Waals surface area (Å²) >= 11 is 0. The third-order valence-electron chi connectivity index (χ3n) is 5.59. The summed E-state index contributed by atoms with van der Waals surface area (Å²) in [6, 6.07) is 16.9. The quantitative estimate of drug-likeness (QED) is 0.336. The number of nitrogens with one attached hydrogen (secondary N) is 4. The highest BCUT2D eigenvalue weighted by Gasteiger charge is 2.12. The molecule has 36 heavy (non-hydrogen) atoms. The molecule has 8 nitrogen and oxygen atoms in total. The van der Waals surface area contributed by atoms with Crippen LogP contribution in [0, 0.1) is 13.8 Å². The van der Waals surface area contributed by atoms with Crippen LogP contribution in [-0.2, 0) is 9.59 Å². The van der Waals surface area contributed by atoms with Crippen LogP contribution in [0.25, 0.3) is 0 Å². The van der Waals surface area contributed by atoms with Gasteiger partial charge in [0, 0.05) is 46.7 Å². The van der Waals surface area contributed by atoms with Crippen molar-refractivity contribution in [2.24, 2.45) is 0 Å². The number of benzene rings is 3. The Morgan fingerprint density at radius 3 is 1.25 bits per heavy atom. The summed E-state index contributed by atoms with van der Waals surface area (Å²) in [5.41, 5.74) is 4.91. The Bertz CT molecular complexity index is 1200. The molecule has 0 aromatic heterocycles. The molecule has 0 saturated heterocycles. The molecule has 0 spiro atoms. The average Bonchev–Trinajstić information content (AvgIpc) is 2.87. The lowest BCUT2D eigenvalue weighted by Gasteiger charge is -2.12. The van der Waals surface area contributed by atoms with E-state index in [0.29, 0.717) is 46.7 Å². The van der Waals surface area contributed by atoms with E-state index in [4.69, 9.17) is 0 Å². The van der Waals surface area contributed by atoms with Gasteiger partial charge >= 0.3 is 0 Å². The predicted molar refractivity (Wildman–Crippen MR) is 143 cm³/mol. The number of anilines is 4. The lowest BCUT2D eigenvalue weighted by atomic mass is 10.1. The normalized spacial score (nSPS) is 10.3. The van der Waals surface area contributed by atoms with Gasteiger partial charge in [0.1, 0.15) is 0 Å². The molecule has 0 fully saturated rings. The van der Waals surface area contributed by atoms with E-state index in [1.165, 1.54) is 0 Å². The Labute approximate surface area is 210 Å². The predicted octanol–water partition coefficient (Wildman–Crippen LogP) is 5.51. The van der Waals surface area contributed by atoms with Gasteiger partial charge in [-0.2, -0.15) is 0 Å². The Morgan fingerprint density at radius 2 is 0.917 bits per heavy atom. The van der Waals surface area contributed by atoms with Crippen molar-refractivity contribution >= 4 is 46.4 Å². The van der Waals surface area contributed by atoms with E-state index >= 15 is 0 Å². The Morgan fingerprint density at radius 1 is 0.556 bits per heavy atom. The fraction of sp³-hybridized carbons (Fsp3) is 0.214. The van der Waals surface area contributed by atoms with Gasteiger partial charge in [-0.15, -0.1) is 0 Å². The van der Waals surface area contributed by atoms with Crippen molar-refractivity contribution in [1.82, 2.24) is 0 Å². The maximum absolute atomic E-state index is 12.7. The SMILES string of the molecule is CCC(=O)Nc1cc(NC(=O)c2ccc(C(=O)Nc3ccc(C)c(NC(=O)CC)c3)cc2)ccc1C. The van der Waals surface area contributed by atoms with Crippen molar-refractivity contribution in [2.75, 3.05) is 21.3 Å². The van der Waals surface area contributed by atoms with E-state index < -0.39 is 0 Å². The highest BCUT2D eigenvalue weighted by molar-refractivity contribution is 6.07. The van der Waals surface area contributed by atoms with Gasteiger partial charge in [0.05, 0.1) is 0 Å². The van der Waals surface area contributed by atoms with Gasteiger partial charge in [0.15, 0.2) is 0 Å². The molecule has 3 rings (SSSR count). The van der Waals surface area contributed by atoms with Gasteiger partial charge in [-0.1, -0.05) is 26.0 Å². The van der Waals surface area contributed by atoms with Crippen LogP contribution in [0.2, 0.25) is 0 Å². The summed E-state index contributed by atoms with van der Waals surface area (Å²) in [5, 5.41) is 11.3. The molecule has 0 unspecified atom stereocenters. The van der Waals surface area contributed by atoms with Gasteiger partial charge < -0.3 is 21.3 Å². The van der Waals surface area contributed by atoms with Crippen LogP contribution in [-0.4, -0.2) is 23.6 Å². The second-order valence-electron chi connectivity index (χ2n) is 8.35. The fourth-order valence-electron chi connectivity index (χ4n) is 3.33. The minimum absolute atomic E-state index is 0.108. The van der Waals surface area contributed by atoms with Crippen LogP contribution in [0.3, 0.4) is 0 Å². The van der Waals surface area contributed by atoms with Gasteiger partial charge in [-0.05, 0) is 73.5 Å². The van der Waals surface area contributed by atoms with Crippen LogP contribution < -0.4 is 21.3 Å². The zero-order valence-corrected chi connectivity index (χ0v) is 20.8. The lowest BCUT2D eigenvalue weighted by molar-refractivity contribution is -0.116. The molecule has 3 aromatic carbocycles. The van der Waals surface area contributed by atoms with Gasteiger partial charge in [0.25, 0.3) is 11.8 Å². The van der Waals surface area contributed by atoms with E-state index in [9.17, 15) is 19.2 Å². The number of hydrogen-bond acceptors (Lipinski definition) is 4. The Hall–Kier alpha value is -4.46. The highest BCUT2D eigenvalue weighted by Crippen LogP contribution is 2.23. The highest BCUT2D eigenvalue weighted by atomic mass is 16.2. The first-order valence-electron chi connectivity index (χ1n) is 11.7. The summed E-state index contributed by atoms with van der Waals surface area (Å²) in [4.78, 5) is 48.9. The third-order valence-corrected chi connectivity index (χ3v) is 5.59. The van der Waals surface area contributed by atoms with Gasteiger partial charge in [-0.3, -0.25) is 19.2 Å². The monoisotopic (exact) mass is 486 g/mol. The minimum Gasteiger partial charge on any atom is -0.326 e. The Balaban J connectivity index is 1.66. The molecular formula is C28H30N4O4. The van der Waals surface area contributed by atoms with E-state index in [-0.39, 0.29) is 23.6 Å². The van der Waals surface area contributed by atoms with Crippen molar-refractivity contribution in [3.8, 4) is 0 Å². The summed E-state index contributed by atoms with van der Waals surface area (Å²) in [7, 11) is 0. The number of carbonyl (C=O) groups excluding carboxylic acids is 4. The third kappa shape index (κ3) is 6.79. The summed E-state index contributed by atoms with van der Waals surface area (Å²) in [6.45, 7) is 7.29. The molecule has 0 saturated carbocycles. The van der Waals surface area contributed by atoms with Gasteiger partial charge in [-0.25, -0.2) is 0 Å². The summed E-state index contributed by atoms with van der Waals surface area (Å²) in [5.74, 6) is -0.895. The first-order valence-corrected chi connectivity index (χ1v) is 11.7. The number of amides is 4. The largest absolute Gasteiger partial charge is 0.326 e. The minimum atomic E-state index is -0.339. The fourth-order valence-corrected chi connectivity index (χ4v) is 3.33. The van der Waals surface area contributed by atoms with Crippen LogP contribution in [0.15, 0.2) is 60.7 Å². The Kier molecular flexibility index (Phi) is 8.57. The molecule has 8 heteroatoms. The van der Waals surface area contributed by atoms with Crippen molar-refractivity contribution in [3.05, 3.63) is 82.9 Å². The molecular weight excluding hydrogens is 456 g/mol. The van der Waals surface area contributed by atoms with Gasteiger partial charge in [0.2, 0.25) is 11.8 Å². The van der Waals surface area contributed by atoms with Crippen LogP contribution in [0.1, 0.15) is 58.5 Å². The van der Waals surface area contributed by atoms with E-state index in [0.717, 1.165) is 11.1 Å². The number of hydrogen-bond donors (Lipinski definition) is 4. The number of carbonyl (C=O) groups is 4. The zero-order chi connectivity index (χ0) is 26.2. The molecule has 0 bridgehead atoms. The second kappa shape index (κ2) is 11.8. The smallest absolute Gasteiger partial charge is 0.255 e. The van der Waals surface area contributed by atoms with Crippen molar-refractivity contribution in [1.29, 1.82) is 0 Å². The van der Waals surface area contributed by atoms with Crippen molar-refractivity contribution in [2.45, 2.75) is 40.5 Å². The molecule has 4 amide bonds. The maximum atomic E-state index is 12.7. The standard InChI is InChI=1S/C28H30N4O4/c1-5-25(33)31-23-15-21(13-7-17(23)3)29-27(35)19-9-11-20(12-10-19)28(36)30-22-14-8-18(4)24(16-22)32-26(34)6-2/h7-16H,5-6H2,1-4H3,(H,29,35)(H,30,36)(H,31,33)(H,32,34). The molecule has 186 valence electrons. The molecule has 0 atom stereocenters. The summed E-state index contributed by atoms with van der Waals surface area (Å²) < 4.78 is 0. The first kappa shape index (κ1) is 26.2. The molecule has 0 aliphatic rings. The molecule has 0 aliphatic carbocycles. The van der Waals surface area contributed by atoms with Crippen molar-refractivity contribution < 1.29 is 19.2 Å². The second-order valence-corrected chi connectivity index (χ2v) is 8.35. The number of aryl methyl sites for hydroxylation is 2. The summed E-state index contributed by atoms with van der Waals surface area (Å²) in [6.07, 6.45) is 0.715. The molecule has 0 heterocycles.